The van der Waals surface area contributed by atoms with Gasteiger partial charge in [0, 0.05) is 67.0 Å². The topological polar surface area (TPSA) is 25.8 Å². The molecule has 235 valence electrons. The van der Waals surface area contributed by atoms with E-state index in [4.69, 9.17) is 13.2 Å². The summed E-state index contributed by atoms with van der Waals surface area (Å²) in [6.07, 6.45) is 4.05. The van der Waals surface area contributed by atoms with Crippen LogP contribution < -0.4 is 0 Å². The average molecular weight is 807 g/mol. The first-order valence-corrected chi connectivity index (χ1v) is 15.6. The van der Waals surface area contributed by atoms with Crippen LogP contribution in [0.15, 0.2) is 85.2 Å². The second kappa shape index (κ2) is 13.5. The number of hydrogen-bond acceptors (Lipinski definition) is 3. The molecule has 0 amide bonds. The Labute approximate surface area is 297 Å². The standard InChI is InChI=1S/C28H26NS.C13H11FN.Ir/c1-17-12-18(2)14-21(13-17)25-27-24(10-11-29-25)23-9-7-20-15-19(16-28(3,4)5)6-8-22(20)26(23)30-27;1-9-7-13(15-8-10(9)2)11-3-5-12(14)6-4-11;/h6-13,15H,16H2,1-5H3;3,5-8H,1-2H3;/q2*-1;/i;1D3,2D3;. The fourth-order valence-electron chi connectivity index (χ4n) is 5.64. The minimum atomic E-state index is -2.58. The monoisotopic (exact) mass is 807 g/mol. The first-order valence-electron chi connectivity index (χ1n) is 17.8. The summed E-state index contributed by atoms with van der Waals surface area (Å²) < 4.78 is 60.0. The molecule has 1 radical (unpaired) electrons. The Morgan fingerprint density at radius 3 is 2.33 bits per heavy atom. The molecule has 0 saturated carbocycles. The summed E-state index contributed by atoms with van der Waals surface area (Å²) in [5.41, 5.74) is 6.24. The van der Waals surface area contributed by atoms with Gasteiger partial charge in [-0.1, -0.05) is 76.6 Å². The molecule has 0 unspecified atom stereocenters. The second-order valence-electron chi connectivity index (χ2n) is 12.7. The van der Waals surface area contributed by atoms with E-state index in [9.17, 15) is 4.39 Å². The summed E-state index contributed by atoms with van der Waals surface area (Å²) in [4.78, 5) is 8.72. The van der Waals surface area contributed by atoms with E-state index >= 15 is 0 Å². The molecule has 0 N–H and O–H groups in total. The molecule has 3 aromatic heterocycles. The number of hydrogen-bond donors (Lipinski definition) is 0. The number of aromatic nitrogens is 2. The van der Waals surface area contributed by atoms with Gasteiger partial charge in [-0.2, -0.15) is 0 Å². The maximum Gasteiger partial charge on any atom is 0.0425 e. The van der Waals surface area contributed by atoms with E-state index in [0.29, 0.717) is 11.0 Å². The van der Waals surface area contributed by atoms with Crippen LogP contribution in [0.4, 0.5) is 4.39 Å². The third-order valence-electron chi connectivity index (χ3n) is 7.53. The molecule has 2 nitrogen and oxygen atoms in total. The molecule has 0 fully saturated rings. The first-order chi connectivity index (χ1) is 23.9. The van der Waals surface area contributed by atoms with Crippen LogP contribution in [0.3, 0.4) is 0 Å². The van der Waals surface area contributed by atoms with Crippen LogP contribution in [0.1, 0.15) is 56.8 Å². The van der Waals surface area contributed by atoms with Gasteiger partial charge in [-0.3, -0.25) is 4.39 Å². The minimum absolute atomic E-state index is 0. The van der Waals surface area contributed by atoms with Crippen LogP contribution >= 0.6 is 11.3 Å². The molecule has 4 aromatic carbocycles. The molecule has 0 atom stereocenters. The number of thiophene rings is 1. The van der Waals surface area contributed by atoms with Crippen molar-refractivity contribution in [3.05, 3.63) is 131 Å². The largest absolute Gasteiger partial charge is 0.304 e. The maximum atomic E-state index is 12.9. The fourth-order valence-corrected chi connectivity index (χ4v) is 6.98. The van der Waals surface area contributed by atoms with Gasteiger partial charge >= 0.3 is 0 Å². The van der Waals surface area contributed by atoms with Crippen LogP contribution in [-0.2, 0) is 26.5 Å². The maximum absolute atomic E-state index is 12.9. The Bertz CT molecular complexity index is 2370. The number of pyridine rings is 2. The molecule has 0 aliphatic rings. The third-order valence-corrected chi connectivity index (χ3v) is 8.79. The van der Waals surface area contributed by atoms with Crippen LogP contribution in [-0.4, -0.2) is 9.97 Å². The molecule has 0 spiro atoms. The second-order valence-corrected chi connectivity index (χ2v) is 13.7. The van der Waals surface area contributed by atoms with E-state index in [1.165, 1.54) is 60.3 Å². The Morgan fingerprint density at radius 2 is 1.61 bits per heavy atom. The third kappa shape index (κ3) is 7.28. The number of aryl methyl sites for hydroxylation is 4. The van der Waals surface area contributed by atoms with Crippen LogP contribution in [0, 0.1) is 50.9 Å². The van der Waals surface area contributed by atoms with Crippen molar-refractivity contribution in [3.8, 4) is 22.5 Å². The van der Waals surface area contributed by atoms with Gasteiger partial charge in [0.1, 0.15) is 0 Å². The zero-order valence-corrected chi connectivity index (χ0v) is 29.5. The van der Waals surface area contributed by atoms with Gasteiger partial charge in [0.05, 0.1) is 0 Å². The molecule has 3 heterocycles. The van der Waals surface area contributed by atoms with Crippen molar-refractivity contribution in [2.24, 2.45) is 5.41 Å². The van der Waals surface area contributed by atoms with Gasteiger partial charge in [0.15, 0.2) is 0 Å². The molecule has 46 heavy (non-hydrogen) atoms. The molecule has 7 rings (SSSR count). The van der Waals surface area contributed by atoms with Gasteiger partial charge < -0.3 is 9.97 Å². The summed E-state index contributed by atoms with van der Waals surface area (Å²) in [5, 5.41) is 5.26. The average Bonchev–Trinajstić information content (AvgIpc) is 3.42. The molecule has 0 aliphatic carbocycles. The number of halogens is 1. The molecule has 0 saturated heterocycles. The van der Waals surface area contributed by atoms with Crippen molar-refractivity contribution in [2.45, 2.75) is 54.7 Å². The molecule has 0 bridgehead atoms. The van der Waals surface area contributed by atoms with Crippen LogP contribution in [0.5, 0.6) is 0 Å². The Morgan fingerprint density at radius 1 is 0.826 bits per heavy atom. The number of nitrogens with zero attached hydrogens (tertiary/aromatic N) is 2. The van der Waals surface area contributed by atoms with Crippen molar-refractivity contribution >= 4 is 42.3 Å². The van der Waals surface area contributed by atoms with E-state index in [0.717, 1.165) is 35.5 Å². The van der Waals surface area contributed by atoms with E-state index in [-0.39, 0.29) is 36.9 Å². The summed E-state index contributed by atoms with van der Waals surface area (Å²) in [7, 11) is 0. The van der Waals surface area contributed by atoms with Crippen LogP contribution in [0.25, 0.3) is 53.5 Å². The quantitative estimate of drug-likeness (QED) is 0.166. The van der Waals surface area contributed by atoms with Gasteiger partial charge in [-0.25, -0.2) is 0 Å². The predicted molar refractivity (Wildman–Crippen MR) is 189 cm³/mol. The molecular weight excluding hydrogens is 764 g/mol. The van der Waals surface area contributed by atoms with Crippen molar-refractivity contribution in [1.29, 1.82) is 0 Å². The normalized spacial score (nSPS) is 13.9. The predicted octanol–water partition coefficient (Wildman–Crippen LogP) is 11.6. The zero-order chi connectivity index (χ0) is 36.9. The Balaban J connectivity index is 0.000000210. The minimum Gasteiger partial charge on any atom is -0.304 e. The van der Waals surface area contributed by atoms with Crippen LogP contribution in [0.2, 0.25) is 0 Å². The number of rotatable bonds is 3. The van der Waals surface area contributed by atoms with Crippen molar-refractivity contribution in [1.82, 2.24) is 9.97 Å². The molecule has 5 heteroatoms. The van der Waals surface area contributed by atoms with E-state index in [1.54, 1.807) is 0 Å². The van der Waals surface area contributed by atoms with E-state index in [1.807, 2.05) is 17.5 Å². The van der Waals surface area contributed by atoms with Crippen molar-refractivity contribution < 1.29 is 32.7 Å². The fraction of sp³-hybridized carbons (Fsp3) is 0.220. The van der Waals surface area contributed by atoms with Crippen molar-refractivity contribution in [2.75, 3.05) is 0 Å². The summed E-state index contributed by atoms with van der Waals surface area (Å²) in [6.45, 7) is 5.98. The summed E-state index contributed by atoms with van der Waals surface area (Å²) in [6, 6.07) is 29.1. The van der Waals surface area contributed by atoms with Gasteiger partial charge in [-0.15, -0.1) is 76.1 Å². The Kier molecular flexibility index (Phi) is 7.75. The number of benzene rings is 4. The molecular formula is C41H37FIrN2S-2. The van der Waals surface area contributed by atoms with E-state index in [2.05, 4.69) is 100 Å². The molecule has 7 aromatic rings. The van der Waals surface area contributed by atoms with E-state index < -0.39 is 19.5 Å². The van der Waals surface area contributed by atoms with Crippen molar-refractivity contribution in [3.63, 3.8) is 0 Å². The smallest absolute Gasteiger partial charge is 0.0425 e. The zero-order valence-electron chi connectivity index (χ0n) is 32.3. The number of fused-ring (bicyclic) bond motifs is 5. The SMILES string of the molecule is Cc1[c-]c(-c2nccc3c2sc2c4ccc(CC(C)(C)C)cc4ccc32)cc(C)c1.[2H]C([2H])([2H])c1cnc(-c2[c-]cc(F)cc2)cc1C([2H])([2H])[2H].[Ir]. The van der Waals surface area contributed by atoms with Gasteiger partial charge in [0.2, 0.25) is 0 Å². The van der Waals surface area contributed by atoms with Gasteiger partial charge in [0.25, 0.3) is 0 Å². The molecule has 0 aliphatic heterocycles. The summed E-state index contributed by atoms with van der Waals surface area (Å²) >= 11 is 1.86. The summed E-state index contributed by atoms with van der Waals surface area (Å²) in [5.74, 6) is -0.478. The Hall–Kier alpha value is -3.76. The van der Waals surface area contributed by atoms with Gasteiger partial charge in [-0.05, 0) is 64.6 Å². The first kappa shape index (κ1) is 26.3.